The highest BCUT2D eigenvalue weighted by Crippen LogP contribution is 2.07. The smallest absolute Gasteiger partial charge is 0.00649 e. The molecule has 2 unspecified atom stereocenters. The van der Waals surface area contributed by atoms with Crippen LogP contribution >= 0.6 is 0 Å². The maximum atomic E-state index is 3.64. The monoisotopic (exact) mass is 256 g/mol. The third-order valence-electron chi connectivity index (χ3n) is 3.92. The summed E-state index contributed by atoms with van der Waals surface area (Å²) in [5.74, 6) is 0.838. The van der Waals surface area contributed by atoms with Crippen LogP contribution in [0.4, 0.5) is 0 Å². The van der Waals surface area contributed by atoms with Crippen LogP contribution in [0.25, 0.3) is 0 Å². The van der Waals surface area contributed by atoms with Crippen LogP contribution in [0, 0.1) is 5.92 Å². The first kappa shape index (κ1) is 17.9. The molecular weight excluding hydrogens is 220 g/mol. The van der Waals surface area contributed by atoms with Gasteiger partial charge in [0.2, 0.25) is 0 Å². The van der Waals surface area contributed by atoms with E-state index in [-0.39, 0.29) is 0 Å². The Hall–Kier alpha value is -0.0800. The molecule has 2 heteroatoms. The van der Waals surface area contributed by atoms with E-state index < -0.39 is 0 Å². The Morgan fingerprint density at radius 2 is 1.78 bits per heavy atom. The number of nitrogens with one attached hydrogen (secondary N) is 1. The van der Waals surface area contributed by atoms with E-state index in [9.17, 15) is 0 Å². The van der Waals surface area contributed by atoms with E-state index in [0.717, 1.165) is 12.0 Å². The molecule has 110 valence electrons. The molecule has 0 fully saturated rings. The van der Waals surface area contributed by atoms with Crippen molar-refractivity contribution in [3.05, 3.63) is 0 Å². The van der Waals surface area contributed by atoms with Gasteiger partial charge in [-0.1, -0.05) is 41.0 Å². The number of hydrogen-bond donors (Lipinski definition) is 1. The molecule has 0 saturated heterocycles. The summed E-state index contributed by atoms with van der Waals surface area (Å²) in [6.07, 6.45) is 6.46. The molecule has 0 saturated carbocycles. The van der Waals surface area contributed by atoms with Gasteiger partial charge < -0.3 is 10.2 Å². The van der Waals surface area contributed by atoms with Crippen molar-refractivity contribution >= 4 is 0 Å². The lowest BCUT2D eigenvalue weighted by Crippen LogP contribution is -2.32. The van der Waals surface area contributed by atoms with E-state index in [2.05, 4.69) is 44.8 Å². The zero-order chi connectivity index (χ0) is 13.8. The van der Waals surface area contributed by atoms with Crippen LogP contribution in [-0.4, -0.2) is 37.1 Å². The normalized spacial score (nSPS) is 15.0. The molecule has 0 aliphatic rings. The largest absolute Gasteiger partial charge is 0.314 e. The summed E-state index contributed by atoms with van der Waals surface area (Å²) in [4.78, 5) is 2.61. The van der Waals surface area contributed by atoms with E-state index >= 15 is 0 Å². The van der Waals surface area contributed by atoms with Crippen molar-refractivity contribution in [2.75, 3.05) is 26.2 Å². The second-order valence-corrected chi connectivity index (χ2v) is 5.61. The molecule has 0 spiro atoms. The number of hydrogen-bond acceptors (Lipinski definition) is 2. The van der Waals surface area contributed by atoms with Gasteiger partial charge in [0.25, 0.3) is 0 Å². The maximum absolute atomic E-state index is 3.64. The van der Waals surface area contributed by atoms with Gasteiger partial charge in [0.15, 0.2) is 0 Å². The van der Waals surface area contributed by atoms with Crippen molar-refractivity contribution in [3.63, 3.8) is 0 Å². The van der Waals surface area contributed by atoms with Crippen molar-refractivity contribution in [2.45, 2.75) is 72.8 Å². The molecular formula is C16H36N2. The van der Waals surface area contributed by atoms with Crippen molar-refractivity contribution in [1.29, 1.82) is 0 Å². The zero-order valence-corrected chi connectivity index (χ0v) is 13.5. The molecule has 0 aromatic rings. The number of nitrogens with zero attached hydrogens (tertiary/aromatic N) is 1. The topological polar surface area (TPSA) is 15.3 Å². The van der Waals surface area contributed by atoms with Crippen LogP contribution in [0.3, 0.4) is 0 Å². The summed E-state index contributed by atoms with van der Waals surface area (Å²) in [6.45, 7) is 16.4. The lowest BCUT2D eigenvalue weighted by atomic mass is 10.1. The van der Waals surface area contributed by atoms with Crippen molar-refractivity contribution < 1.29 is 0 Å². The minimum absolute atomic E-state index is 0.729. The summed E-state index contributed by atoms with van der Waals surface area (Å²) in [5.41, 5.74) is 0. The standard InChI is InChI=1S/C16H36N2/c1-6-12-17-16(8-3)11-10-13-18(9-4)14-15(5)7-2/h15-17H,6-14H2,1-5H3. The van der Waals surface area contributed by atoms with Crippen molar-refractivity contribution in [3.8, 4) is 0 Å². The average Bonchev–Trinajstić information content (AvgIpc) is 2.40. The van der Waals surface area contributed by atoms with E-state index in [1.54, 1.807) is 0 Å². The minimum atomic E-state index is 0.729. The molecule has 0 bridgehead atoms. The Labute approximate surface area is 116 Å². The van der Waals surface area contributed by atoms with Gasteiger partial charge in [0, 0.05) is 12.6 Å². The zero-order valence-electron chi connectivity index (χ0n) is 13.5. The fourth-order valence-electron chi connectivity index (χ4n) is 2.31. The summed E-state index contributed by atoms with van der Waals surface area (Å²) in [6, 6.07) is 0.729. The molecule has 0 aliphatic carbocycles. The molecule has 0 radical (unpaired) electrons. The molecule has 0 aliphatic heterocycles. The van der Waals surface area contributed by atoms with Gasteiger partial charge in [-0.2, -0.15) is 0 Å². The minimum Gasteiger partial charge on any atom is -0.314 e. The van der Waals surface area contributed by atoms with E-state index in [0.29, 0.717) is 0 Å². The highest BCUT2D eigenvalue weighted by Gasteiger charge is 2.09. The lowest BCUT2D eigenvalue weighted by Gasteiger charge is -2.25. The summed E-state index contributed by atoms with van der Waals surface area (Å²) < 4.78 is 0. The first-order chi connectivity index (χ1) is 8.67. The molecule has 0 rings (SSSR count). The fraction of sp³-hybridized carbons (Fsp3) is 1.00. The van der Waals surface area contributed by atoms with Gasteiger partial charge >= 0.3 is 0 Å². The molecule has 2 nitrogen and oxygen atoms in total. The number of rotatable bonds is 12. The Kier molecular flexibility index (Phi) is 11.9. The first-order valence-corrected chi connectivity index (χ1v) is 8.13. The molecule has 0 heterocycles. The molecule has 0 amide bonds. The van der Waals surface area contributed by atoms with Gasteiger partial charge in [-0.3, -0.25) is 0 Å². The third kappa shape index (κ3) is 8.93. The first-order valence-electron chi connectivity index (χ1n) is 8.13. The van der Waals surface area contributed by atoms with E-state index in [1.165, 1.54) is 58.3 Å². The van der Waals surface area contributed by atoms with E-state index in [4.69, 9.17) is 0 Å². The van der Waals surface area contributed by atoms with Crippen molar-refractivity contribution in [1.82, 2.24) is 10.2 Å². The highest BCUT2D eigenvalue weighted by molar-refractivity contribution is 4.67. The van der Waals surface area contributed by atoms with Crippen LogP contribution < -0.4 is 5.32 Å². The van der Waals surface area contributed by atoms with E-state index in [1.807, 2.05) is 0 Å². The fourth-order valence-corrected chi connectivity index (χ4v) is 2.31. The van der Waals surface area contributed by atoms with Crippen LogP contribution in [0.2, 0.25) is 0 Å². The molecule has 0 aromatic heterocycles. The molecule has 2 atom stereocenters. The quantitative estimate of drug-likeness (QED) is 0.569. The summed E-state index contributed by atoms with van der Waals surface area (Å²) in [7, 11) is 0. The van der Waals surface area contributed by atoms with Gasteiger partial charge in [0.1, 0.15) is 0 Å². The second kappa shape index (κ2) is 12.0. The Morgan fingerprint density at radius 1 is 1.06 bits per heavy atom. The Bertz CT molecular complexity index is 170. The van der Waals surface area contributed by atoms with Gasteiger partial charge in [-0.15, -0.1) is 0 Å². The van der Waals surface area contributed by atoms with Gasteiger partial charge in [-0.05, 0) is 51.2 Å². The Balaban J connectivity index is 3.76. The predicted octanol–water partition coefficient (Wildman–Crippen LogP) is 3.91. The Morgan fingerprint density at radius 3 is 2.28 bits per heavy atom. The van der Waals surface area contributed by atoms with Crippen LogP contribution in [0.5, 0.6) is 0 Å². The third-order valence-corrected chi connectivity index (χ3v) is 3.92. The van der Waals surface area contributed by atoms with Crippen LogP contribution in [0.15, 0.2) is 0 Å². The second-order valence-electron chi connectivity index (χ2n) is 5.61. The predicted molar refractivity (Wildman–Crippen MR) is 83.2 cm³/mol. The summed E-state index contributed by atoms with van der Waals surface area (Å²) in [5, 5.41) is 3.64. The van der Waals surface area contributed by atoms with Gasteiger partial charge in [-0.25, -0.2) is 0 Å². The molecule has 1 N–H and O–H groups in total. The lowest BCUT2D eigenvalue weighted by molar-refractivity contribution is 0.237. The highest BCUT2D eigenvalue weighted by atomic mass is 15.1. The van der Waals surface area contributed by atoms with Crippen LogP contribution in [-0.2, 0) is 0 Å². The molecule has 0 aromatic carbocycles. The maximum Gasteiger partial charge on any atom is 0.00649 e. The SMILES string of the molecule is CCCNC(CC)CCCN(CC)CC(C)CC. The average molecular weight is 256 g/mol. The van der Waals surface area contributed by atoms with Crippen molar-refractivity contribution in [2.24, 2.45) is 5.92 Å². The summed E-state index contributed by atoms with van der Waals surface area (Å²) >= 11 is 0. The van der Waals surface area contributed by atoms with Crippen LogP contribution in [0.1, 0.15) is 66.7 Å². The molecule has 18 heavy (non-hydrogen) atoms. The van der Waals surface area contributed by atoms with Gasteiger partial charge in [0.05, 0.1) is 0 Å².